The lowest BCUT2D eigenvalue weighted by molar-refractivity contribution is 0.0697. The number of carboxylic acid groups (broad SMARTS) is 1. The van der Waals surface area contributed by atoms with Gasteiger partial charge < -0.3 is 15.2 Å². The van der Waals surface area contributed by atoms with Gasteiger partial charge in [0.25, 0.3) is 0 Å². The Balaban J connectivity index is 2.36. The smallest absolute Gasteiger partial charge is 0.339 e. The van der Waals surface area contributed by atoms with Gasteiger partial charge in [0.05, 0.1) is 7.11 Å². The van der Waals surface area contributed by atoms with Crippen LogP contribution in [0.4, 0.5) is 11.6 Å². The topological polar surface area (TPSA) is 89.3 Å². The maximum atomic E-state index is 11.1. The molecular formula is C12H14N4O3. The third-order valence-electron chi connectivity index (χ3n) is 2.56. The number of ether oxygens (including phenoxy) is 1. The van der Waals surface area contributed by atoms with Crippen molar-refractivity contribution in [2.75, 3.05) is 12.4 Å². The summed E-state index contributed by atoms with van der Waals surface area (Å²) in [7, 11) is 3.26. The van der Waals surface area contributed by atoms with Gasteiger partial charge in [0.2, 0.25) is 5.88 Å². The summed E-state index contributed by atoms with van der Waals surface area (Å²) < 4.78 is 6.63. The van der Waals surface area contributed by atoms with Gasteiger partial charge in [0, 0.05) is 18.8 Å². The lowest BCUT2D eigenvalue weighted by atomic mass is 10.2. The number of pyridine rings is 1. The van der Waals surface area contributed by atoms with Crippen molar-refractivity contribution in [1.82, 2.24) is 14.8 Å². The fourth-order valence-corrected chi connectivity index (χ4v) is 1.65. The van der Waals surface area contributed by atoms with E-state index in [9.17, 15) is 4.79 Å². The summed E-state index contributed by atoms with van der Waals surface area (Å²) in [5.74, 6) is 0.248. The Morgan fingerprint density at radius 1 is 1.47 bits per heavy atom. The number of methoxy groups -OCH3 is 1. The molecule has 0 radical (unpaired) electrons. The van der Waals surface area contributed by atoms with Crippen molar-refractivity contribution in [1.29, 1.82) is 0 Å². The summed E-state index contributed by atoms with van der Waals surface area (Å²) in [4.78, 5) is 15.3. The molecule has 2 heterocycles. The Morgan fingerprint density at radius 3 is 2.79 bits per heavy atom. The fraction of sp³-hybridized carbons (Fsp3) is 0.250. The second-order valence-corrected chi connectivity index (χ2v) is 3.97. The minimum absolute atomic E-state index is 0.0928. The number of nitrogens with one attached hydrogen (secondary N) is 1. The third kappa shape index (κ3) is 2.65. The second kappa shape index (κ2) is 4.97. The van der Waals surface area contributed by atoms with Crippen LogP contribution in [0.15, 0.2) is 18.2 Å². The molecule has 0 saturated carbocycles. The zero-order valence-corrected chi connectivity index (χ0v) is 10.8. The van der Waals surface area contributed by atoms with Crippen molar-refractivity contribution in [2.45, 2.75) is 6.92 Å². The van der Waals surface area contributed by atoms with Crippen molar-refractivity contribution < 1.29 is 14.6 Å². The zero-order chi connectivity index (χ0) is 14.0. The maximum Gasteiger partial charge on any atom is 0.339 e. The van der Waals surface area contributed by atoms with Crippen molar-refractivity contribution in [3.63, 3.8) is 0 Å². The summed E-state index contributed by atoms with van der Waals surface area (Å²) in [5.41, 5.74) is 0.811. The van der Waals surface area contributed by atoms with Gasteiger partial charge in [-0.2, -0.15) is 5.10 Å². The molecule has 7 nitrogen and oxygen atoms in total. The maximum absolute atomic E-state index is 11.1. The Hall–Kier alpha value is -2.57. The van der Waals surface area contributed by atoms with E-state index < -0.39 is 5.97 Å². The normalized spacial score (nSPS) is 10.3. The Labute approximate surface area is 109 Å². The van der Waals surface area contributed by atoms with Crippen LogP contribution in [-0.2, 0) is 7.05 Å². The molecule has 0 saturated heterocycles. The van der Waals surface area contributed by atoms with E-state index in [0.717, 1.165) is 5.69 Å². The minimum atomic E-state index is -1.04. The first-order chi connectivity index (χ1) is 9.01. The first kappa shape index (κ1) is 12.9. The molecule has 0 bridgehead atoms. The predicted octanol–water partition coefficient (Wildman–Crippen LogP) is 1.57. The first-order valence-electron chi connectivity index (χ1n) is 5.57. The number of aryl methyl sites for hydroxylation is 2. The van der Waals surface area contributed by atoms with Gasteiger partial charge in [-0.15, -0.1) is 0 Å². The molecule has 100 valence electrons. The molecule has 0 spiro atoms. The lowest BCUT2D eigenvalue weighted by Gasteiger charge is -2.06. The van der Waals surface area contributed by atoms with Gasteiger partial charge in [-0.3, -0.25) is 0 Å². The molecule has 2 aromatic rings. The predicted molar refractivity (Wildman–Crippen MR) is 69.0 cm³/mol. The molecule has 2 rings (SSSR count). The number of anilines is 2. The van der Waals surface area contributed by atoms with Crippen LogP contribution in [0.2, 0.25) is 0 Å². The SMILES string of the molecule is COc1cc(Nc2nc(C)ccc2C(=O)O)nn1C. The average molecular weight is 262 g/mol. The highest BCUT2D eigenvalue weighted by Crippen LogP contribution is 2.21. The van der Waals surface area contributed by atoms with Crippen LogP contribution in [0, 0.1) is 6.92 Å². The molecule has 0 amide bonds. The highest BCUT2D eigenvalue weighted by molar-refractivity contribution is 5.93. The summed E-state index contributed by atoms with van der Waals surface area (Å²) in [6.07, 6.45) is 0. The Bertz CT molecular complexity index is 621. The molecule has 0 unspecified atom stereocenters. The van der Waals surface area contributed by atoms with E-state index in [1.165, 1.54) is 13.2 Å². The molecule has 2 N–H and O–H groups in total. The van der Waals surface area contributed by atoms with Crippen molar-refractivity contribution in [2.24, 2.45) is 7.05 Å². The highest BCUT2D eigenvalue weighted by atomic mass is 16.5. The molecule has 0 fully saturated rings. The van der Waals surface area contributed by atoms with E-state index in [2.05, 4.69) is 15.4 Å². The molecule has 0 aliphatic heterocycles. The molecule has 2 aromatic heterocycles. The second-order valence-electron chi connectivity index (χ2n) is 3.97. The number of rotatable bonds is 4. The number of carbonyl (C=O) groups is 1. The zero-order valence-electron chi connectivity index (χ0n) is 10.8. The molecular weight excluding hydrogens is 248 g/mol. The van der Waals surface area contributed by atoms with Crippen LogP contribution in [0.5, 0.6) is 5.88 Å². The van der Waals surface area contributed by atoms with Gasteiger partial charge in [-0.05, 0) is 19.1 Å². The molecule has 19 heavy (non-hydrogen) atoms. The first-order valence-corrected chi connectivity index (χ1v) is 5.57. The number of aromatic carboxylic acids is 1. The van der Waals surface area contributed by atoms with Crippen molar-refractivity contribution >= 4 is 17.6 Å². The minimum Gasteiger partial charge on any atom is -0.481 e. The lowest BCUT2D eigenvalue weighted by Crippen LogP contribution is -2.06. The van der Waals surface area contributed by atoms with E-state index in [-0.39, 0.29) is 11.4 Å². The Kier molecular flexibility index (Phi) is 3.37. The van der Waals surface area contributed by atoms with Gasteiger partial charge >= 0.3 is 5.97 Å². The van der Waals surface area contributed by atoms with E-state index in [4.69, 9.17) is 9.84 Å². The van der Waals surface area contributed by atoms with Crippen LogP contribution in [-0.4, -0.2) is 33.0 Å². The summed E-state index contributed by atoms with van der Waals surface area (Å²) >= 11 is 0. The third-order valence-corrected chi connectivity index (χ3v) is 2.56. The van der Waals surface area contributed by atoms with Crippen LogP contribution < -0.4 is 10.1 Å². The molecule has 7 heteroatoms. The Morgan fingerprint density at radius 2 is 2.21 bits per heavy atom. The van der Waals surface area contributed by atoms with Crippen molar-refractivity contribution in [3.05, 3.63) is 29.5 Å². The molecule has 0 aromatic carbocycles. The molecule has 0 aliphatic rings. The van der Waals surface area contributed by atoms with Crippen LogP contribution in [0.1, 0.15) is 16.1 Å². The number of hydrogen-bond donors (Lipinski definition) is 2. The number of aromatic nitrogens is 3. The standard InChI is InChI=1S/C12H14N4O3/c1-7-4-5-8(12(17)18)11(13-7)14-9-6-10(19-3)16(2)15-9/h4-6H,1-3H3,(H,17,18)(H,13,14,15). The van der Waals surface area contributed by atoms with Crippen molar-refractivity contribution in [3.8, 4) is 5.88 Å². The average Bonchev–Trinajstić information content (AvgIpc) is 2.69. The van der Waals surface area contributed by atoms with E-state index in [0.29, 0.717) is 11.7 Å². The van der Waals surface area contributed by atoms with E-state index >= 15 is 0 Å². The van der Waals surface area contributed by atoms with E-state index in [1.807, 2.05) is 0 Å². The number of carboxylic acids is 1. The van der Waals surface area contributed by atoms with Gasteiger partial charge in [-0.25, -0.2) is 14.5 Å². The highest BCUT2D eigenvalue weighted by Gasteiger charge is 2.14. The number of hydrogen-bond acceptors (Lipinski definition) is 5. The van der Waals surface area contributed by atoms with Crippen LogP contribution in [0.25, 0.3) is 0 Å². The fourth-order valence-electron chi connectivity index (χ4n) is 1.65. The molecule has 0 atom stereocenters. The van der Waals surface area contributed by atoms with Gasteiger partial charge in [0.15, 0.2) is 5.82 Å². The number of nitrogens with zero attached hydrogens (tertiary/aromatic N) is 3. The largest absolute Gasteiger partial charge is 0.481 e. The van der Waals surface area contributed by atoms with Gasteiger partial charge in [-0.1, -0.05) is 0 Å². The molecule has 0 aliphatic carbocycles. The summed E-state index contributed by atoms with van der Waals surface area (Å²) in [5, 5.41) is 16.2. The summed E-state index contributed by atoms with van der Waals surface area (Å²) in [6.45, 7) is 1.79. The summed E-state index contributed by atoms with van der Waals surface area (Å²) in [6, 6.07) is 4.82. The van der Waals surface area contributed by atoms with E-state index in [1.54, 1.807) is 30.8 Å². The van der Waals surface area contributed by atoms with Crippen LogP contribution >= 0.6 is 0 Å². The van der Waals surface area contributed by atoms with Crippen LogP contribution in [0.3, 0.4) is 0 Å². The van der Waals surface area contributed by atoms with Gasteiger partial charge in [0.1, 0.15) is 11.4 Å². The monoisotopic (exact) mass is 262 g/mol. The quantitative estimate of drug-likeness (QED) is 0.869.